The first kappa shape index (κ1) is 13.9. The largest absolute Gasteiger partial charge is 0.449 e. The zero-order valence-corrected chi connectivity index (χ0v) is 12.0. The van der Waals surface area contributed by atoms with Gasteiger partial charge in [0, 0.05) is 24.7 Å². The van der Waals surface area contributed by atoms with Gasteiger partial charge in [-0.1, -0.05) is 6.92 Å². The van der Waals surface area contributed by atoms with Crippen molar-refractivity contribution in [2.45, 2.75) is 45.7 Å². The Balaban J connectivity index is 2.50. The van der Waals surface area contributed by atoms with Crippen molar-refractivity contribution >= 4 is 11.9 Å². The van der Waals surface area contributed by atoms with Crippen LogP contribution in [0.3, 0.4) is 0 Å². The molecule has 1 amide bonds. The van der Waals surface area contributed by atoms with Crippen molar-refractivity contribution in [3.8, 4) is 0 Å². The third-order valence-corrected chi connectivity index (χ3v) is 3.66. The molecule has 0 radical (unpaired) electrons. The lowest BCUT2D eigenvalue weighted by atomic mass is 9.93. The second-order valence-corrected chi connectivity index (χ2v) is 4.92. The summed E-state index contributed by atoms with van der Waals surface area (Å²) in [5.41, 5.74) is 8.07. The van der Waals surface area contributed by atoms with Gasteiger partial charge < -0.3 is 10.5 Å². The van der Waals surface area contributed by atoms with Crippen LogP contribution in [0, 0.1) is 6.92 Å². The first-order chi connectivity index (χ1) is 9.01. The summed E-state index contributed by atoms with van der Waals surface area (Å²) in [4.78, 5) is 13.9. The predicted octanol–water partition coefficient (Wildman–Crippen LogP) is 1.87. The summed E-state index contributed by atoms with van der Waals surface area (Å²) in [5.74, 6) is 0.779. The van der Waals surface area contributed by atoms with Gasteiger partial charge in [-0.3, -0.25) is 9.58 Å². The number of rotatable bonds is 2. The van der Waals surface area contributed by atoms with Crippen LogP contribution < -0.4 is 10.6 Å². The molecule has 2 rings (SSSR count). The molecular formula is C13H22N4O2. The van der Waals surface area contributed by atoms with E-state index < -0.39 is 0 Å². The molecular weight excluding hydrogens is 244 g/mol. The van der Waals surface area contributed by atoms with Gasteiger partial charge >= 0.3 is 6.09 Å². The number of nitrogens with two attached hydrogens (primary N) is 1. The van der Waals surface area contributed by atoms with E-state index in [9.17, 15) is 4.79 Å². The number of hydrogen-bond donors (Lipinski definition) is 1. The number of aromatic nitrogens is 2. The number of carbonyl (C=O) groups is 1. The van der Waals surface area contributed by atoms with Crippen LogP contribution in [0.1, 0.15) is 44.0 Å². The van der Waals surface area contributed by atoms with E-state index in [1.54, 1.807) is 9.58 Å². The first-order valence-electron chi connectivity index (χ1n) is 6.76. The highest BCUT2D eigenvalue weighted by molar-refractivity contribution is 5.89. The number of ether oxygens (including phenoxy) is 1. The lowest BCUT2D eigenvalue weighted by Gasteiger charge is -2.37. The van der Waals surface area contributed by atoms with Crippen LogP contribution in [0.25, 0.3) is 0 Å². The Morgan fingerprint density at radius 1 is 1.53 bits per heavy atom. The molecule has 2 heterocycles. The highest BCUT2D eigenvalue weighted by Gasteiger charge is 2.38. The third-order valence-electron chi connectivity index (χ3n) is 3.66. The second-order valence-electron chi connectivity index (χ2n) is 4.92. The summed E-state index contributed by atoms with van der Waals surface area (Å²) in [5, 5.41) is 4.39. The Kier molecular flexibility index (Phi) is 3.80. The minimum Gasteiger partial charge on any atom is -0.449 e. The van der Waals surface area contributed by atoms with Gasteiger partial charge in [0.05, 0.1) is 12.3 Å². The molecule has 0 aromatic carbocycles. The normalized spacial score (nSPS) is 22.3. The van der Waals surface area contributed by atoms with Crippen molar-refractivity contribution in [3.05, 3.63) is 11.3 Å². The van der Waals surface area contributed by atoms with E-state index in [2.05, 4.69) is 12.0 Å². The van der Waals surface area contributed by atoms with Crippen LogP contribution in [0.2, 0.25) is 0 Å². The van der Waals surface area contributed by atoms with Gasteiger partial charge in [-0.2, -0.15) is 5.10 Å². The van der Waals surface area contributed by atoms with Crippen molar-refractivity contribution in [2.24, 2.45) is 12.8 Å². The molecule has 6 nitrogen and oxygen atoms in total. The highest BCUT2D eigenvalue weighted by atomic mass is 16.6. The zero-order chi connectivity index (χ0) is 14.2. The average molecular weight is 266 g/mol. The lowest BCUT2D eigenvalue weighted by molar-refractivity contribution is 0.154. The smallest absolute Gasteiger partial charge is 0.415 e. The van der Waals surface area contributed by atoms with Gasteiger partial charge in [0.25, 0.3) is 0 Å². The number of hydrogen-bond acceptors (Lipinski definition) is 4. The molecule has 6 heteroatoms. The minimum atomic E-state index is -0.314. The molecule has 2 N–H and O–H groups in total. The number of anilines is 1. The maximum Gasteiger partial charge on any atom is 0.415 e. The maximum atomic E-state index is 12.2. The molecule has 0 saturated carbocycles. The van der Waals surface area contributed by atoms with Gasteiger partial charge in [0.1, 0.15) is 5.82 Å². The Morgan fingerprint density at radius 3 is 2.79 bits per heavy atom. The number of nitrogens with zero attached hydrogens (tertiary/aromatic N) is 3. The second kappa shape index (κ2) is 5.21. The van der Waals surface area contributed by atoms with Crippen molar-refractivity contribution < 1.29 is 9.53 Å². The quantitative estimate of drug-likeness (QED) is 0.887. The summed E-state index contributed by atoms with van der Waals surface area (Å²) in [7, 11) is 1.84. The van der Waals surface area contributed by atoms with Gasteiger partial charge in [-0.25, -0.2) is 4.79 Å². The standard InChI is InChI=1S/C13H22N4O2/c1-5-9-7-10(14)11-8(3)15-16(4)12(11)17(9)13(18)19-6-2/h9-10H,5-7,14H2,1-4H3. The van der Waals surface area contributed by atoms with Crippen LogP contribution in [-0.2, 0) is 11.8 Å². The molecule has 2 atom stereocenters. The molecule has 19 heavy (non-hydrogen) atoms. The average Bonchev–Trinajstić information content (AvgIpc) is 2.65. The summed E-state index contributed by atoms with van der Waals surface area (Å²) >= 11 is 0. The predicted molar refractivity (Wildman–Crippen MR) is 73.1 cm³/mol. The summed E-state index contributed by atoms with van der Waals surface area (Å²) < 4.78 is 6.90. The summed E-state index contributed by atoms with van der Waals surface area (Å²) in [6, 6.07) is -0.00400. The van der Waals surface area contributed by atoms with E-state index >= 15 is 0 Å². The van der Waals surface area contributed by atoms with E-state index in [1.807, 2.05) is 20.9 Å². The number of aryl methyl sites for hydroxylation is 2. The maximum absolute atomic E-state index is 12.2. The number of fused-ring (bicyclic) bond motifs is 1. The Labute approximate surface area is 113 Å². The number of amides is 1. The molecule has 0 spiro atoms. The Bertz CT molecular complexity index is 483. The van der Waals surface area contributed by atoms with E-state index in [0.29, 0.717) is 6.61 Å². The topological polar surface area (TPSA) is 73.4 Å². The molecule has 2 unspecified atom stereocenters. The Hall–Kier alpha value is -1.56. The van der Waals surface area contributed by atoms with Crippen molar-refractivity contribution in [2.75, 3.05) is 11.5 Å². The van der Waals surface area contributed by atoms with Crippen LogP contribution in [0.15, 0.2) is 0 Å². The fourth-order valence-electron chi connectivity index (χ4n) is 2.85. The SMILES string of the molecule is CCOC(=O)N1c2c(c(C)nn2C)C(N)CC1CC. The monoisotopic (exact) mass is 266 g/mol. The van der Waals surface area contributed by atoms with Crippen molar-refractivity contribution in [1.29, 1.82) is 0 Å². The van der Waals surface area contributed by atoms with E-state index in [0.717, 1.165) is 29.9 Å². The lowest BCUT2D eigenvalue weighted by Crippen LogP contribution is -2.47. The molecule has 1 aromatic heterocycles. The fraction of sp³-hybridized carbons (Fsp3) is 0.692. The molecule has 0 bridgehead atoms. The fourth-order valence-corrected chi connectivity index (χ4v) is 2.85. The van der Waals surface area contributed by atoms with Crippen molar-refractivity contribution in [1.82, 2.24) is 9.78 Å². The highest BCUT2D eigenvalue weighted by Crippen LogP contribution is 2.38. The molecule has 1 aromatic rings. The minimum absolute atomic E-state index is 0.0661. The molecule has 1 aliphatic rings. The van der Waals surface area contributed by atoms with Gasteiger partial charge in [0.2, 0.25) is 0 Å². The molecule has 0 aliphatic carbocycles. The van der Waals surface area contributed by atoms with E-state index in [1.165, 1.54) is 0 Å². The third kappa shape index (κ3) is 2.20. The van der Waals surface area contributed by atoms with Crippen LogP contribution >= 0.6 is 0 Å². The Morgan fingerprint density at radius 2 is 2.21 bits per heavy atom. The van der Waals surface area contributed by atoms with Gasteiger partial charge in [-0.15, -0.1) is 0 Å². The van der Waals surface area contributed by atoms with E-state index in [4.69, 9.17) is 10.5 Å². The van der Waals surface area contributed by atoms with E-state index in [-0.39, 0.29) is 18.2 Å². The molecule has 106 valence electrons. The van der Waals surface area contributed by atoms with Crippen LogP contribution in [-0.4, -0.2) is 28.5 Å². The molecule has 1 aliphatic heterocycles. The summed E-state index contributed by atoms with van der Waals surface area (Å²) in [6.07, 6.45) is 1.27. The number of carbonyl (C=O) groups excluding carboxylic acids is 1. The van der Waals surface area contributed by atoms with Crippen molar-refractivity contribution in [3.63, 3.8) is 0 Å². The first-order valence-corrected chi connectivity index (χ1v) is 6.76. The van der Waals surface area contributed by atoms with Gasteiger partial charge in [0.15, 0.2) is 0 Å². The molecule has 0 fully saturated rings. The van der Waals surface area contributed by atoms with Crippen LogP contribution in [0.4, 0.5) is 10.6 Å². The van der Waals surface area contributed by atoms with Crippen LogP contribution in [0.5, 0.6) is 0 Å². The van der Waals surface area contributed by atoms with Gasteiger partial charge in [-0.05, 0) is 26.7 Å². The molecule has 0 saturated heterocycles. The zero-order valence-electron chi connectivity index (χ0n) is 12.0. The summed E-state index contributed by atoms with van der Waals surface area (Å²) in [6.45, 7) is 6.15.